The molecule has 0 bridgehead atoms. The maximum absolute atomic E-state index is 12.0. The Morgan fingerprint density at radius 2 is 2.05 bits per heavy atom. The molecule has 1 aliphatic heterocycles. The molecule has 6 nitrogen and oxygen atoms in total. The van der Waals surface area contributed by atoms with E-state index in [0.717, 1.165) is 13.1 Å². The summed E-state index contributed by atoms with van der Waals surface area (Å²) in [6.07, 6.45) is 1.21. The lowest BCUT2D eigenvalue weighted by atomic mass is 9.89. The topological polar surface area (TPSA) is 84.7 Å². The fourth-order valence-corrected chi connectivity index (χ4v) is 3.73. The van der Waals surface area contributed by atoms with Crippen molar-refractivity contribution in [3.05, 3.63) is 0 Å². The molecule has 0 aromatic rings. The van der Waals surface area contributed by atoms with Crippen molar-refractivity contribution in [3.8, 4) is 0 Å². The van der Waals surface area contributed by atoms with Gasteiger partial charge in [-0.05, 0) is 26.8 Å². The van der Waals surface area contributed by atoms with Gasteiger partial charge in [0, 0.05) is 19.7 Å². The van der Waals surface area contributed by atoms with Crippen LogP contribution in [0.25, 0.3) is 0 Å². The number of nitrogens with two attached hydrogens (primary N) is 1. The van der Waals surface area contributed by atoms with Crippen LogP contribution in [-0.2, 0) is 14.8 Å². The Hall–Kier alpha value is -0.280. The minimum Gasteiger partial charge on any atom is -0.392 e. The lowest BCUT2D eigenvalue weighted by Gasteiger charge is -2.40. The first-order valence-electron chi connectivity index (χ1n) is 6.39. The molecule has 0 aromatic carbocycles. The Kier molecular flexibility index (Phi) is 6.13. The van der Waals surface area contributed by atoms with E-state index in [9.17, 15) is 8.42 Å². The van der Waals surface area contributed by atoms with E-state index in [-0.39, 0.29) is 17.3 Å². The number of nitrogens with zero attached hydrogens (tertiary/aromatic N) is 1. The average Bonchev–Trinajstić information content (AvgIpc) is 2.32. The molecule has 0 radical (unpaired) electrons. The molecule has 1 saturated heterocycles. The van der Waals surface area contributed by atoms with Gasteiger partial charge in [-0.3, -0.25) is 0 Å². The number of ether oxygens (including phenoxy) is 1. The zero-order chi connectivity index (χ0) is 14.5. The van der Waals surface area contributed by atoms with Gasteiger partial charge in [0.25, 0.3) is 0 Å². The van der Waals surface area contributed by atoms with Gasteiger partial charge in [-0.15, -0.1) is 0 Å². The minimum absolute atomic E-state index is 0.0684. The number of hydrogen-bond acceptors (Lipinski definition) is 5. The molecule has 3 N–H and O–H groups in total. The van der Waals surface area contributed by atoms with Crippen molar-refractivity contribution >= 4 is 27.2 Å². The van der Waals surface area contributed by atoms with Crippen LogP contribution in [-0.4, -0.2) is 62.9 Å². The molecule has 0 amide bonds. The molecule has 1 fully saturated rings. The van der Waals surface area contributed by atoms with Gasteiger partial charge < -0.3 is 15.4 Å². The number of sulfonamides is 1. The molecule has 19 heavy (non-hydrogen) atoms. The standard InChI is InChI=1S/C11H23N3O3S2/c1-3-17-8-9-19(15,16)13-11(10(12)18)4-6-14(2)7-5-11/h13H,3-9H2,1-2H3,(H2,12,18). The van der Waals surface area contributed by atoms with Crippen molar-refractivity contribution in [3.63, 3.8) is 0 Å². The van der Waals surface area contributed by atoms with Gasteiger partial charge in [0.05, 0.1) is 22.9 Å². The van der Waals surface area contributed by atoms with Crippen molar-refractivity contribution in [1.29, 1.82) is 0 Å². The van der Waals surface area contributed by atoms with Crippen molar-refractivity contribution in [2.75, 3.05) is 39.1 Å². The lowest BCUT2D eigenvalue weighted by Crippen LogP contribution is -2.61. The number of likely N-dealkylation sites (tertiary alicyclic amines) is 1. The van der Waals surface area contributed by atoms with Gasteiger partial charge in [0.1, 0.15) is 0 Å². The molecule has 1 heterocycles. The molecule has 1 aliphatic rings. The Balaban J connectivity index is 2.71. The van der Waals surface area contributed by atoms with Gasteiger partial charge in [0.15, 0.2) is 0 Å². The Morgan fingerprint density at radius 1 is 1.47 bits per heavy atom. The fourth-order valence-electron chi connectivity index (χ4n) is 2.06. The highest BCUT2D eigenvalue weighted by Crippen LogP contribution is 2.23. The smallest absolute Gasteiger partial charge is 0.214 e. The number of thiocarbonyl (C=S) groups is 1. The van der Waals surface area contributed by atoms with E-state index in [4.69, 9.17) is 22.7 Å². The summed E-state index contributed by atoms with van der Waals surface area (Å²) in [4.78, 5) is 2.35. The first-order chi connectivity index (χ1) is 8.81. The predicted octanol–water partition coefficient (Wildman–Crippen LogP) is -0.307. The van der Waals surface area contributed by atoms with E-state index in [1.54, 1.807) is 0 Å². The molecule has 0 saturated carbocycles. The monoisotopic (exact) mass is 309 g/mol. The van der Waals surface area contributed by atoms with Crippen LogP contribution in [0.1, 0.15) is 19.8 Å². The van der Waals surface area contributed by atoms with E-state index >= 15 is 0 Å². The summed E-state index contributed by atoms with van der Waals surface area (Å²) in [7, 11) is -1.44. The third-order valence-corrected chi connectivity index (χ3v) is 5.16. The van der Waals surface area contributed by atoms with Crippen LogP contribution < -0.4 is 10.5 Å². The molecule has 8 heteroatoms. The van der Waals surface area contributed by atoms with Gasteiger partial charge in [-0.25, -0.2) is 13.1 Å². The SMILES string of the molecule is CCOCCS(=O)(=O)NC1(C(N)=S)CCN(C)CC1. The maximum Gasteiger partial charge on any atom is 0.214 e. The van der Waals surface area contributed by atoms with Crippen LogP contribution in [0.4, 0.5) is 0 Å². The van der Waals surface area contributed by atoms with Crippen LogP contribution in [0.2, 0.25) is 0 Å². The molecule has 0 aromatic heterocycles. The summed E-state index contributed by atoms with van der Waals surface area (Å²) in [5, 5.41) is 0. The third kappa shape index (κ3) is 4.96. The predicted molar refractivity (Wildman–Crippen MR) is 79.7 cm³/mol. The Bertz CT molecular complexity index is 403. The molecular weight excluding hydrogens is 286 g/mol. The second kappa shape index (κ2) is 6.94. The number of hydrogen-bond donors (Lipinski definition) is 2. The van der Waals surface area contributed by atoms with E-state index in [1.807, 2.05) is 14.0 Å². The molecule has 0 spiro atoms. The summed E-state index contributed by atoms with van der Waals surface area (Å²) in [5.41, 5.74) is 4.98. The maximum atomic E-state index is 12.0. The molecule has 0 aliphatic carbocycles. The van der Waals surface area contributed by atoms with Gasteiger partial charge in [0.2, 0.25) is 10.0 Å². The second-order valence-corrected chi connectivity index (χ2v) is 7.15. The quantitative estimate of drug-likeness (QED) is 0.496. The second-order valence-electron chi connectivity index (χ2n) is 4.87. The lowest BCUT2D eigenvalue weighted by molar-refractivity contribution is 0.162. The number of rotatable bonds is 7. The molecule has 0 unspecified atom stereocenters. The number of nitrogens with one attached hydrogen (secondary N) is 1. The van der Waals surface area contributed by atoms with Crippen molar-refractivity contribution in [2.45, 2.75) is 25.3 Å². The van der Waals surface area contributed by atoms with Gasteiger partial charge >= 0.3 is 0 Å². The third-order valence-electron chi connectivity index (χ3n) is 3.36. The van der Waals surface area contributed by atoms with E-state index in [0.29, 0.717) is 19.4 Å². The minimum atomic E-state index is -3.44. The normalized spacial score (nSPS) is 20.3. The van der Waals surface area contributed by atoms with Gasteiger partial charge in [-0.2, -0.15) is 0 Å². The van der Waals surface area contributed by atoms with Gasteiger partial charge in [-0.1, -0.05) is 12.2 Å². The highest BCUT2D eigenvalue weighted by Gasteiger charge is 2.39. The largest absolute Gasteiger partial charge is 0.392 e. The Labute approximate surface area is 120 Å². The highest BCUT2D eigenvalue weighted by atomic mass is 32.2. The molecule has 112 valence electrons. The summed E-state index contributed by atoms with van der Waals surface area (Å²) >= 11 is 5.07. The van der Waals surface area contributed by atoms with E-state index in [1.165, 1.54) is 0 Å². The van der Waals surface area contributed by atoms with E-state index in [2.05, 4.69) is 9.62 Å². The molecule has 0 atom stereocenters. The van der Waals surface area contributed by atoms with Crippen LogP contribution >= 0.6 is 12.2 Å². The Morgan fingerprint density at radius 3 is 2.53 bits per heavy atom. The molecule has 1 rings (SSSR count). The number of piperidine rings is 1. The van der Waals surface area contributed by atoms with E-state index < -0.39 is 15.6 Å². The summed E-state index contributed by atoms with van der Waals surface area (Å²) < 4.78 is 31.9. The first-order valence-corrected chi connectivity index (χ1v) is 8.45. The van der Waals surface area contributed by atoms with Crippen LogP contribution in [0, 0.1) is 0 Å². The summed E-state index contributed by atoms with van der Waals surface area (Å²) in [6, 6.07) is 0. The fraction of sp³-hybridized carbons (Fsp3) is 0.909. The zero-order valence-corrected chi connectivity index (χ0v) is 13.1. The zero-order valence-electron chi connectivity index (χ0n) is 11.5. The van der Waals surface area contributed by atoms with Crippen LogP contribution in [0.5, 0.6) is 0 Å². The summed E-state index contributed by atoms with van der Waals surface area (Å²) in [6.45, 7) is 4.05. The molecular formula is C11H23N3O3S2. The first kappa shape index (κ1) is 16.8. The van der Waals surface area contributed by atoms with Crippen LogP contribution in [0.15, 0.2) is 0 Å². The van der Waals surface area contributed by atoms with Crippen molar-refractivity contribution in [2.24, 2.45) is 5.73 Å². The average molecular weight is 309 g/mol. The van der Waals surface area contributed by atoms with Crippen molar-refractivity contribution in [1.82, 2.24) is 9.62 Å². The van der Waals surface area contributed by atoms with Crippen LogP contribution in [0.3, 0.4) is 0 Å². The summed E-state index contributed by atoms with van der Waals surface area (Å²) in [5.74, 6) is -0.0684. The highest BCUT2D eigenvalue weighted by molar-refractivity contribution is 7.89. The van der Waals surface area contributed by atoms with Crippen molar-refractivity contribution < 1.29 is 13.2 Å².